The first kappa shape index (κ1) is 14.2. The maximum atomic E-state index is 12.4. The molecule has 0 saturated carbocycles. The van der Waals surface area contributed by atoms with Gasteiger partial charge < -0.3 is 10.4 Å². The number of halogens is 4. The highest BCUT2D eigenvalue weighted by Gasteiger charge is 2.49. The Hall–Kier alpha value is -1.78. The van der Waals surface area contributed by atoms with Crippen LogP contribution in [0.15, 0.2) is 0 Å². The van der Waals surface area contributed by atoms with Gasteiger partial charge in [-0.25, -0.2) is 13.6 Å². The predicted octanol–water partition coefficient (Wildman–Crippen LogP) is 0.479. The molecule has 1 atom stereocenters. The SMILES string of the molecule is C#CCC(NC(=O)C(F)(F)C(F)F)C(=O)O. The van der Waals surface area contributed by atoms with Crippen LogP contribution < -0.4 is 5.32 Å². The van der Waals surface area contributed by atoms with Gasteiger partial charge in [0.1, 0.15) is 6.04 Å². The zero-order chi connectivity index (χ0) is 12.9. The van der Waals surface area contributed by atoms with E-state index in [1.54, 1.807) is 0 Å². The summed E-state index contributed by atoms with van der Waals surface area (Å²) in [5.74, 6) is -7.19. The number of carbonyl (C=O) groups is 2. The molecule has 2 N–H and O–H groups in total. The Balaban J connectivity index is 4.66. The molecule has 1 amide bonds. The molecular weight excluding hydrogens is 234 g/mol. The molecule has 0 aromatic carbocycles. The Kier molecular flexibility index (Phi) is 4.75. The van der Waals surface area contributed by atoms with Gasteiger partial charge in [0, 0.05) is 6.42 Å². The molecule has 0 aliphatic heterocycles. The summed E-state index contributed by atoms with van der Waals surface area (Å²) >= 11 is 0. The van der Waals surface area contributed by atoms with Gasteiger partial charge in [0.25, 0.3) is 5.91 Å². The molecule has 0 aliphatic rings. The van der Waals surface area contributed by atoms with Crippen LogP contribution >= 0.6 is 0 Å². The van der Waals surface area contributed by atoms with E-state index in [1.165, 1.54) is 5.32 Å². The second-order valence-electron chi connectivity index (χ2n) is 2.70. The number of alkyl halides is 4. The van der Waals surface area contributed by atoms with Gasteiger partial charge in [0.2, 0.25) is 0 Å². The molecule has 0 aromatic rings. The number of rotatable bonds is 5. The zero-order valence-electron chi connectivity index (χ0n) is 7.71. The first-order valence-electron chi connectivity index (χ1n) is 3.86. The number of carboxylic acids is 1. The molecule has 90 valence electrons. The van der Waals surface area contributed by atoms with Crippen molar-refractivity contribution in [1.29, 1.82) is 0 Å². The van der Waals surface area contributed by atoms with Crippen molar-refractivity contribution in [3.8, 4) is 12.3 Å². The van der Waals surface area contributed by atoms with E-state index in [9.17, 15) is 27.2 Å². The van der Waals surface area contributed by atoms with Gasteiger partial charge in [-0.05, 0) is 0 Å². The van der Waals surface area contributed by atoms with Gasteiger partial charge in [-0.15, -0.1) is 12.3 Å². The standard InChI is InChI=1S/C8H7F4NO3/c1-2-3-4(5(14)15)13-7(16)8(11,12)6(9)10/h1,4,6H,3H2,(H,13,16)(H,14,15). The summed E-state index contributed by atoms with van der Waals surface area (Å²) in [6.07, 6.45) is -0.0865. The van der Waals surface area contributed by atoms with E-state index in [1.807, 2.05) is 5.92 Å². The maximum Gasteiger partial charge on any atom is 0.383 e. The molecule has 8 heteroatoms. The van der Waals surface area contributed by atoms with Crippen LogP contribution in [0.4, 0.5) is 17.6 Å². The number of aliphatic carboxylic acids is 1. The van der Waals surface area contributed by atoms with Crippen molar-refractivity contribution in [3.05, 3.63) is 0 Å². The lowest BCUT2D eigenvalue weighted by atomic mass is 10.2. The van der Waals surface area contributed by atoms with Crippen LogP contribution in [0.3, 0.4) is 0 Å². The number of carbonyl (C=O) groups excluding carboxylic acids is 1. The monoisotopic (exact) mass is 241 g/mol. The summed E-state index contributed by atoms with van der Waals surface area (Å²) in [4.78, 5) is 21.0. The molecule has 0 saturated heterocycles. The van der Waals surface area contributed by atoms with Crippen LogP contribution in [0, 0.1) is 12.3 Å². The lowest BCUT2D eigenvalue weighted by Gasteiger charge is -2.17. The van der Waals surface area contributed by atoms with Gasteiger partial charge in [0.15, 0.2) is 0 Å². The van der Waals surface area contributed by atoms with Crippen LogP contribution in [-0.2, 0) is 9.59 Å². The van der Waals surface area contributed by atoms with E-state index >= 15 is 0 Å². The van der Waals surface area contributed by atoms with E-state index in [2.05, 4.69) is 0 Å². The lowest BCUT2D eigenvalue weighted by Crippen LogP contribution is -2.51. The van der Waals surface area contributed by atoms with Gasteiger partial charge in [-0.3, -0.25) is 4.79 Å². The fourth-order valence-corrected chi connectivity index (χ4v) is 0.671. The second-order valence-corrected chi connectivity index (χ2v) is 2.70. The average molecular weight is 241 g/mol. The van der Waals surface area contributed by atoms with E-state index in [0.717, 1.165) is 0 Å². The lowest BCUT2D eigenvalue weighted by molar-refractivity contribution is -0.171. The normalized spacial score (nSPS) is 13.0. The summed E-state index contributed by atoms with van der Waals surface area (Å²) in [6, 6.07) is -1.82. The summed E-state index contributed by atoms with van der Waals surface area (Å²) in [5, 5.41) is 9.64. The van der Waals surface area contributed by atoms with E-state index in [0.29, 0.717) is 0 Å². The van der Waals surface area contributed by atoms with Gasteiger partial charge in [0.05, 0.1) is 0 Å². The Morgan fingerprint density at radius 2 is 1.94 bits per heavy atom. The largest absolute Gasteiger partial charge is 0.480 e. The summed E-state index contributed by atoms with van der Waals surface area (Å²) in [5.41, 5.74) is 0. The highest BCUT2D eigenvalue weighted by Crippen LogP contribution is 2.22. The molecule has 0 radical (unpaired) electrons. The Labute approximate surface area is 87.6 Å². The highest BCUT2D eigenvalue weighted by molar-refractivity contribution is 5.88. The molecule has 1 unspecified atom stereocenters. The van der Waals surface area contributed by atoms with Gasteiger partial charge in [-0.1, -0.05) is 0 Å². The van der Waals surface area contributed by atoms with Crippen LogP contribution in [0.2, 0.25) is 0 Å². The molecule has 0 aromatic heterocycles. The summed E-state index contributed by atoms with van der Waals surface area (Å²) < 4.78 is 48.2. The van der Waals surface area contributed by atoms with Crippen molar-refractivity contribution < 1.29 is 32.3 Å². The molecular formula is C8H7F4NO3. The topological polar surface area (TPSA) is 66.4 Å². The molecule has 0 aliphatic carbocycles. The van der Waals surface area contributed by atoms with Gasteiger partial charge in [-0.2, -0.15) is 8.78 Å². The van der Waals surface area contributed by atoms with Crippen molar-refractivity contribution >= 4 is 11.9 Å². The minimum absolute atomic E-state index is 0.583. The van der Waals surface area contributed by atoms with Crippen LogP contribution in [-0.4, -0.2) is 35.4 Å². The minimum Gasteiger partial charge on any atom is -0.480 e. The van der Waals surface area contributed by atoms with Gasteiger partial charge >= 0.3 is 18.3 Å². The van der Waals surface area contributed by atoms with Crippen molar-refractivity contribution in [2.24, 2.45) is 0 Å². The number of amides is 1. The molecule has 0 spiro atoms. The average Bonchev–Trinajstić information content (AvgIpc) is 2.16. The second kappa shape index (κ2) is 5.34. The number of terminal acetylenes is 1. The quantitative estimate of drug-likeness (QED) is 0.543. The number of nitrogens with one attached hydrogen (secondary N) is 1. The molecule has 0 rings (SSSR count). The maximum absolute atomic E-state index is 12.4. The van der Waals surface area contributed by atoms with Crippen molar-refractivity contribution in [2.45, 2.75) is 24.8 Å². The summed E-state index contributed by atoms with van der Waals surface area (Å²) in [6.45, 7) is 0. The van der Waals surface area contributed by atoms with Crippen LogP contribution in [0.25, 0.3) is 0 Å². The third-order valence-corrected chi connectivity index (χ3v) is 1.50. The van der Waals surface area contributed by atoms with Crippen LogP contribution in [0.5, 0.6) is 0 Å². The predicted molar refractivity (Wildman–Crippen MR) is 44.0 cm³/mol. The Morgan fingerprint density at radius 3 is 2.25 bits per heavy atom. The Bertz CT molecular complexity index is 324. The fourth-order valence-electron chi connectivity index (χ4n) is 0.671. The zero-order valence-corrected chi connectivity index (χ0v) is 7.71. The van der Waals surface area contributed by atoms with Crippen molar-refractivity contribution in [1.82, 2.24) is 5.32 Å². The highest BCUT2D eigenvalue weighted by atomic mass is 19.3. The molecule has 0 heterocycles. The first-order valence-corrected chi connectivity index (χ1v) is 3.86. The fraction of sp³-hybridized carbons (Fsp3) is 0.500. The molecule has 0 fully saturated rings. The van der Waals surface area contributed by atoms with Crippen LogP contribution in [0.1, 0.15) is 6.42 Å². The number of carboxylic acid groups (broad SMARTS) is 1. The third-order valence-electron chi connectivity index (χ3n) is 1.50. The van der Waals surface area contributed by atoms with E-state index < -0.39 is 36.7 Å². The molecule has 0 bridgehead atoms. The minimum atomic E-state index is -4.94. The number of hydrogen-bond donors (Lipinski definition) is 2. The first-order chi connectivity index (χ1) is 7.23. The smallest absolute Gasteiger partial charge is 0.383 e. The van der Waals surface area contributed by atoms with E-state index in [-0.39, 0.29) is 0 Å². The van der Waals surface area contributed by atoms with Crippen molar-refractivity contribution in [3.63, 3.8) is 0 Å². The van der Waals surface area contributed by atoms with E-state index in [4.69, 9.17) is 11.5 Å². The number of hydrogen-bond acceptors (Lipinski definition) is 2. The Morgan fingerprint density at radius 1 is 1.44 bits per heavy atom. The molecule has 4 nitrogen and oxygen atoms in total. The molecule has 16 heavy (non-hydrogen) atoms. The summed E-state index contributed by atoms with van der Waals surface area (Å²) in [7, 11) is 0. The third kappa shape index (κ3) is 3.42. The van der Waals surface area contributed by atoms with Crippen molar-refractivity contribution in [2.75, 3.05) is 0 Å².